The molecule has 0 N–H and O–H groups in total. The van der Waals surface area contributed by atoms with E-state index in [0.29, 0.717) is 17.7 Å². The van der Waals surface area contributed by atoms with E-state index in [1.807, 2.05) is 6.07 Å². The number of carbonyl (C=O) groups is 1. The summed E-state index contributed by atoms with van der Waals surface area (Å²) >= 11 is 0. The van der Waals surface area contributed by atoms with Gasteiger partial charge in [-0.15, -0.1) is 0 Å². The van der Waals surface area contributed by atoms with Gasteiger partial charge in [0, 0.05) is 31.5 Å². The number of benzene rings is 2. The number of amides is 1. The number of hydrogen-bond donors (Lipinski definition) is 0. The molecule has 0 spiro atoms. The van der Waals surface area contributed by atoms with Gasteiger partial charge in [0.2, 0.25) is 5.91 Å². The number of para-hydroxylation sites is 1. The maximum Gasteiger partial charge on any atom is 0.225 e. The van der Waals surface area contributed by atoms with Gasteiger partial charge in [0.15, 0.2) is 0 Å². The van der Waals surface area contributed by atoms with Crippen LogP contribution in [0.2, 0.25) is 0 Å². The van der Waals surface area contributed by atoms with Crippen LogP contribution in [0.15, 0.2) is 54.6 Å². The molecule has 5 rings (SSSR count). The van der Waals surface area contributed by atoms with Crippen molar-refractivity contribution in [3.05, 3.63) is 65.7 Å². The van der Waals surface area contributed by atoms with Crippen molar-refractivity contribution in [1.82, 2.24) is 9.80 Å². The minimum Gasteiger partial charge on any atom is -0.496 e. The lowest BCUT2D eigenvalue weighted by Crippen LogP contribution is -2.39. The summed E-state index contributed by atoms with van der Waals surface area (Å²) in [5.74, 6) is 3.23. The summed E-state index contributed by atoms with van der Waals surface area (Å²) in [7, 11) is 1.77. The topological polar surface area (TPSA) is 32.8 Å². The highest BCUT2D eigenvalue weighted by atomic mass is 16.5. The largest absolute Gasteiger partial charge is 0.496 e. The molecule has 1 aliphatic carbocycles. The van der Waals surface area contributed by atoms with Crippen molar-refractivity contribution in [3.8, 4) is 5.75 Å². The number of rotatable bonds is 7. The molecule has 4 heteroatoms. The Morgan fingerprint density at radius 2 is 1.62 bits per heavy atom. The van der Waals surface area contributed by atoms with Gasteiger partial charge < -0.3 is 14.5 Å². The minimum atomic E-state index is 0.255. The Hall–Kier alpha value is -2.33. The Balaban J connectivity index is 1.25. The van der Waals surface area contributed by atoms with E-state index in [1.165, 1.54) is 56.3 Å². The molecule has 0 aromatic heterocycles. The molecular weight excluding hydrogens is 420 g/mol. The van der Waals surface area contributed by atoms with Crippen LogP contribution < -0.4 is 4.74 Å². The first-order valence-corrected chi connectivity index (χ1v) is 13.4. The Bertz CT molecular complexity index is 932. The van der Waals surface area contributed by atoms with E-state index >= 15 is 0 Å². The molecule has 2 saturated heterocycles. The normalized spacial score (nSPS) is 24.6. The Morgan fingerprint density at radius 3 is 2.35 bits per heavy atom. The highest BCUT2D eigenvalue weighted by molar-refractivity contribution is 5.79. The van der Waals surface area contributed by atoms with Gasteiger partial charge >= 0.3 is 0 Å². The van der Waals surface area contributed by atoms with Crippen molar-refractivity contribution in [2.24, 2.45) is 17.8 Å². The maximum atomic E-state index is 13.3. The van der Waals surface area contributed by atoms with Gasteiger partial charge in [-0.1, -0.05) is 61.4 Å². The Morgan fingerprint density at radius 1 is 0.912 bits per heavy atom. The molecule has 1 amide bonds. The summed E-state index contributed by atoms with van der Waals surface area (Å²) in [5, 5.41) is 0. The van der Waals surface area contributed by atoms with Crippen LogP contribution >= 0.6 is 0 Å². The molecular formula is C30H40N2O2. The zero-order valence-electron chi connectivity index (χ0n) is 20.7. The summed E-state index contributed by atoms with van der Waals surface area (Å²) in [6.07, 6.45) is 8.31. The molecule has 0 radical (unpaired) electrons. The van der Waals surface area contributed by atoms with Gasteiger partial charge in [0.25, 0.3) is 0 Å². The third-order valence-corrected chi connectivity index (χ3v) is 8.56. The predicted octanol–water partition coefficient (Wildman–Crippen LogP) is 5.38. The fourth-order valence-corrected chi connectivity index (χ4v) is 6.64. The Kier molecular flexibility index (Phi) is 7.54. The summed E-state index contributed by atoms with van der Waals surface area (Å²) in [5.41, 5.74) is 2.74. The predicted molar refractivity (Wildman–Crippen MR) is 137 cm³/mol. The fourth-order valence-electron chi connectivity index (χ4n) is 6.64. The van der Waals surface area contributed by atoms with Crippen LogP contribution in [-0.2, 0) is 11.2 Å². The standard InChI is InChI=1S/C30H40N2O2/c1-34-29-14-8-7-13-27(29)28-22-32(30(33)25-11-5-6-12-25)21-26(28)20-31-17-15-24(16-18-31)19-23-9-3-2-4-10-23/h2-4,7-10,13-14,24-26,28H,5-6,11-12,15-22H2,1H3/t26-,28+/m0/s1. The average molecular weight is 461 g/mol. The van der Waals surface area contributed by atoms with Crippen LogP contribution in [0.5, 0.6) is 5.75 Å². The molecule has 2 heterocycles. The van der Waals surface area contributed by atoms with Crippen LogP contribution in [-0.4, -0.2) is 55.5 Å². The monoisotopic (exact) mass is 460 g/mol. The van der Waals surface area contributed by atoms with Crippen LogP contribution in [0, 0.1) is 17.8 Å². The smallest absolute Gasteiger partial charge is 0.225 e. The molecule has 0 unspecified atom stereocenters. The van der Waals surface area contributed by atoms with Gasteiger partial charge in [-0.05, 0) is 74.2 Å². The third kappa shape index (κ3) is 5.33. The first-order chi connectivity index (χ1) is 16.7. The molecule has 2 aromatic carbocycles. The number of nitrogens with zero attached hydrogens (tertiary/aromatic N) is 2. The molecule has 182 valence electrons. The Labute approximate surface area is 205 Å². The second-order valence-corrected chi connectivity index (χ2v) is 10.8. The molecule has 4 nitrogen and oxygen atoms in total. The lowest BCUT2D eigenvalue weighted by molar-refractivity contribution is -0.134. The molecule has 3 fully saturated rings. The number of methoxy groups -OCH3 is 1. The fraction of sp³-hybridized carbons (Fsp3) is 0.567. The van der Waals surface area contributed by atoms with Crippen molar-refractivity contribution in [1.29, 1.82) is 0 Å². The SMILES string of the molecule is COc1ccccc1[C@@H]1CN(C(=O)C2CCCC2)C[C@@H]1CN1CCC(Cc2ccccc2)CC1. The van der Waals surface area contributed by atoms with Crippen molar-refractivity contribution < 1.29 is 9.53 Å². The highest BCUT2D eigenvalue weighted by Crippen LogP contribution is 2.40. The van der Waals surface area contributed by atoms with Crippen molar-refractivity contribution in [2.45, 2.75) is 50.9 Å². The number of carbonyl (C=O) groups excluding carboxylic acids is 1. The van der Waals surface area contributed by atoms with E-state index in [-0.39, 0.29) is 5.92 Å². The van der Waals surface area contributed by atoms with Crippen molar-refractivity contribution >= 4 is 5.91 Å². The number of piperidine rings is 1. The third-order valence-electron chi connectivity index (χ3n) is 8.56. The van der Waals surface area contributed by atoms with Gasteiger partial charge in [0.1, 0.15) is 5.75 Å². The molecule has 2 atom stereocenters. The molecule has 2 aromatic rings. The second kappa shape index (κ2) is 10.9. The highest BCUT2D eigenvalue weighted by Gasteiger charge is 2.40. The van der Waals surface area contributed by atoms with E-state index in [9.17, 15) is 4.79 Å². The van der Waals surface area contributed by atoms with E-state index in [4.69, 9.17) is 4.74 Å². The quantitative estimate of drug-likeness (QED) is 0.556. The lowest BCUT2D eigenvalue weighted by atomic mass is 9.86. The molecule has 0 bridgehead atoms. The summed E-state index contributed by atoms with van der Waals surface area (Å²) in [6, 6.07) is 19.4. The van der Waals surface area contributed by atoms with Crippen LogP contribution in [0.25, 0.3) is 0 Å². The molecule has 34 heavy (non-hydrogen) atoms. The van der Waals surface area contributed by atoms with E-state index < -0.39 is 0 Å². The molecule has 3 aliphatic rings. The second-order valence-electron chi connectivity index (χ2n) is 10.8. The van der Waals surface area contributed by atoms with Crippen LogP contribution in [0.1, 0.15) is 55.6 Å². The zero-order valence-corrected chi connectivity index (χ0v) is 20.7. The molecule has 1 saturated carbocycles. The van der Waals surface area contributed by atoms with Gasteiger partial charge in [-0.25, -0.2) is 0 Å². The minimum absolute atomic E-state index is 0.255. The number of hydrogen-bond acceptors (Lipinski definition) is 3. The van der Waals surface area contributed by atoms with E-state index in [2.05, 4.69) is 58.3 Å². The van der Waals surface area contributed by atoms with Gasteiger partial charge in [-0.2, -0.15) is 0 Å². The summed E-state index contributed by atoms with van der Waals surface area (Å²) in [4.78, 5) is 18.2. The number of likely N-dealkylation sites (tertiary alicyclic amines) is 2. The van der Waals surface area contributed by atoms with Gasteiger partial charge in [0.05, 0.1) is 7.11 Å². The lowest BCUT2D eigenvalue weighted by Gasteiger charge is -2.35. The summed E-state index contributed by atoms with van der Waals surface area (Å²) < 4.78 is 5.75. The first kappa shape index (κ1) is 23.4. The number of ether oxygens (including phenoxy) is 1. The average Bonchev–Trinajstić information content (AvgIpc) is 3.56. The van der Waals surface area contributed by atoms with Gasteiger partial charge in [-0.3, -0.25) is 4.79 Å². The van der Waals surface area contributed by atoms with E-state index in [1.54, 1.807) is 7.11 Å². The van der Waals surface area contributed by atoms with Crippen molar-refractivity contribution in [3.63, 3.8) is 0 Å². The van der Waals surface area contributed by atoms with Crippen molar-refractivity contribution in [2.75, 3.05) is 39.8 Å². The van der Waals surface area contributed by atoms with Crippen LogP contribution in [0.4, 0.5) is 0 Å². The first-order valence-electron chi connectivity index (χ1n) is 13.4. The summed E-state index contributed by atoms with van der Waals surface area (Å²) in [6.45, 7) is 5.15. The zero-order chi connectivity index (χ0) is 23.3. The van der Waals surface area contributed by atoms with E-state index in [0.717, 1.165) is 44.1 Å². The van der Waals surface area contributed by atoms with Crippen LogP contribution in [0.3, 0.4) is 0 Å². The maximum absolute atomic E-state index is 13.3. The molecule has 2 aliphatic heterocycles.